The summed E-state index contributed by atoms with van der Waals surface area (Å²) in [4.78, 5) is 0. The quantitative estimate of drug-likeness (QED) is 0.906. The molecular formula is C15H13Cl2NO. The normalized spacial score (nSPS) is 13.2. The van der Waals surface area contributed by atoms with Gasteiger partial charge >= 0.3 is 0 Å². The van der Waals surface area contributed by atoms with Crippen LogP contribution in [0.25, 0.3) is 11.1 Å². The molecule has 0 amide bonds. The van der Waals surface area contributed by atoms with Crippen LogP contribution < -0.4 is 10.5 Å². The Labute approximate surface area is 122 Å². The number of rotatable bonds is 2. The maximum atomic E-state index is 6.07. The maximum Gasteiger partial charge on any atom is 0.127 e. The van der Waals surface area contributed by atoms with Crippen molar-refractivity contribution in [1.82, 2.24) is 0 Å². The van der Waals surface area contributed by atoms with Gasteiger partial charge in [0, 0.05) is 18.5 Å². The third-order valence-corrected chi connectivity index (χ3v) is 4.07. The number of fused-ring (bicyclic) bond motifs is 1. The van der Waals surface area contributed by atoms with Crippen molar-refractivity contribution in [3.8, 4) is 16.9 Å². The van der Waals surface area contributed by atoms with E-state index in [1.165, 1.54) is 5.56 Å². The van der Waals surface area contributed by atoms with Crippen LogP contribution in [-0.2, 0) is 13.0 Å². The zero-order valence-electron chi connectivity index (χ0n) is 10.2. The van der Waals surface area contributed by atoms with E-state index < -0.39 is 0 Å². The van der Waals surface area contributed by atoms with Gasteiger partial charge in [-0.3, -0.25) is 0 Å². The van der Waals surface area contributed by atoms with Crippen molar-refractivity contribution >= 4 is 23.2 Å². The molecule has 4 heteroatoms. The highest BCUT2D eigenvalue weighted by Gasteiger charge is 2.17. The first-order valence-electron chi connectivity index (χ1n) is 6.13. The van der Waals surface area contributed by atoms with E-state index in [1.807, 2.05) is 18.2 Å². The Balaban J connectivity index is 2.12. The molecule has 1 heterocycles. The largest absolute Gasteiger partial charge is 0.493 e. The number of hydrogen-bond donors (Lipinski definition) is 1. The van der Waals surface area contributed by atoms with Crippen molar-refractivity contribution in [2.75, 3.05) is 6.61 Å². The number of ether oxygens (including phenoxy) is 1. The Hall–Kier alpha value is -1.22. The van der Waals surface area contributed by atoms with Gasteiger partial charge in [0.1, 0.15) is 5.75 Å². The van der Waals surface area contributed by atoms with Gasteiger partial charge in [-0.25, -0.2) is 0 Å². The summed E-state index contributed by atoms with van der Waals surface area (Å²) < 4.78 is 5.63. The Morgan fingerprint density at radius 3 is 2.63 bits per heavy atom. The van der Waals surface area contributed by atoms with Gasteiger partial charge in [0.25, 0.3) is 0 Å². The molecule has 2 aromatic carbocycles. The average Bonchev–Trinajstić information content (AvgIpc) is 2.89. The van der Waals surface area contributed by atoms with Gasteiger partial charge < -0.3 is 10.5 Å². The summed E-state index contributed by atoms with van der Waals surface area (Å²) in [6.45, 7) is 1.20. The lowest BCUT2D eigenvalue weighted by Gasteiger charge is -2.10. The molecule has 0 aliphatic carbocycles. The third-order valence-electron chi connectivity index (χ3n) is 3.33. The highest BCUT2D eigenvalue weighted by atomic mass is 35.5. The predicted octanol–water partition coefficient (Wildman–Crippen LogP) is 4.05. The topological polar surface area (TPSA) is 35.2 Å². The van der Waals surface area contributed by atoms with Gasteiger partial charge in [-0.1, -0.05) is 29.3 Å². The van der Waals surface area contributed by atoms with Gasteiger partial charge in [-0.05, 0) is 41.0 Å². The van der Waals surface area contributed by atoms with Gasteiger partial charge in [-0.15, -0.1) is 0 Å². The fourth-order valence-corrected chi connectivity index (χ4v) is 2.68. The summed E-state index contributed by atoms with van der Waals surface area (Å²) in [6, 6.07) is 9.85. The number of benzene rings is 2. The maximum absolute atomic E-state index is 6.07. The number of halogens is 2. The SMILES string of the molecule is NCc1cc(-c2ccc(Cl)c(Cl)c2)cc2c1OCC2. The molecular weight excluding hydrogens is 281 g/mol. The van der Waals surface area contributed by atoms with Crippen LogP contribution in [0.4, 0.5) is 0 Å². The Bertz CT molecular complexity index is 640. The summed E-state index contributed by atoms with van der Waals surface area (Å²) in [7, 11) is 0. The van der Waals surface area contributed by atoms with E-state index in [2.05, 4.69) is 12.1 Å². The van der Waals surface area contributed by atoms with Crippen LogP contribution in [0.2, 0.25) is 10.0 Å². The molecule has 3 rings (SSSR count). The van der Waals surface area contributed by atoms with E-state index in [9.17, 15) is 0 Å². The molecule has 2 aromatic rings. The smallest absolute Gasteiger partial charge is 0.127 e. The Morgan fingerprint density at radius 1 is 1.05 bits per heavy atom. The monoisotopic (exact) mass is 293 g/mol. The van der Waals surface area contributed by atoms with Crippen LogP contribution >= 0.6 is 23.2 Å². The van der Waals surface area contributed by atoms with E-state index >= 15 is 0 Å². The zero-order valence-corrected chi connectivity index (χ0v) is 11.8. The standard InChI is InChI=1S/C15H13Cl2NO/c16-13-2-1-9(7-14(13)17)11-5-10-3-4-19-15(10)12(6-11)8-18/h1-2,5-7H,3-4,8,18H2. The molecule has 0 atom stereocenters. The highest BCUT2D eigenvalue weighted by Crippen LogP contribution is 2.36. The van der Waals surface area contributed by atoms with E-state index in [4.69, 9.17) is 33.7 Å². The van der Waals surface area contributed by atoms with Crippen LogP contribution in [0.1, 0.15) is 11.1 Å². The van der Waals surface area contributed by atoms with Crippen LogP contribution in [0, 0.1) is 0 Å². The van der Waals surface area contributed by atoms with Gasteiger partial charge in [0.05, 0.1) is 16.7 Å². The van der Waals surface area contributed by atoms with Crippen molar-refractivity contribution in [1.29, 1.82) is 0 Å². The minimum atomic E-state index is 0.470. The second kappa shape index (κ2) is 5.04. The van der Waals surface area contributed by atoms with Crippen molar-refractivity contribution in [3.05, 3.63) is 51.5 Å². The first-order valence-corrected chi connectivity index (χ1v) is 6.88. The Kier molecular flexibility index (Phi) is 3.40. The second-order valence-electron chi connectivity index (χ2n) is 4.56. The molecule has 1 aliphatic heterocycles. The fraction of sp³-hybridized carbons (Fsp3) is 0.200. The summed E-state index contributed by atoms with van der Waals surface area (Å²) in [6.07, 6.45) is 0.928. The van der Waals surface area contributed by atoms with E-state index in [1.54, 1.807) is 0 Å². The molecule has 0 fully saturated rings. The van der Waals surface area contributed by atoms with Crippen molar-refractivity contribution in [2.45, 2.75) is 13.0 Å². The fourth-order valence-electron chi connectivity index (χ4n) is 2.38. The van der Waals surface area contributed by atoms with Gasteiger partial charge in [0.15, 0.2) is 0 Å². The predicted molar refractivity (Wildman–Crippen MR) is 79.0 cm³/mol. The van der Waals surface area contributed by atoms with Crippen LogP contribution in [0.5, 0.6) is 5.75 Å². The minimum Gasteiger partial charge on any atom is -0.493 e. The van der Waals surface area contributed by atoms with Crippen LogP contribution in [0.3, 0.4) is 0 Å². The number of hydrogen-bond acceptors (Lipinski definition) is 2. The lowest BCUT2D eigenvalue weighted by molar-refractivity contribution is 0.353. The van der Waals surface area contributed by atoms with Crippen molar-refractivity contribution < 1.29 is 4.74 Å². The summed E-state index contributed by atoms with van der Waals surface area (Å²) in [5.41, 5.74) is 10.2. The molecule has 19 heavy (non-hydrogen) atoms. The molecule has 2 nitrogen and oxygen atoms in total. The summed E-state index contributed by atoms with van der Waals surface area (Å²) in [5, 5.41) is 1.12. The van der Waals surface area contributed by atoms with E-state index in [-0.39, 0.29) is 0 Å². The molecule has 0 radical (unpaired) electrons. The van der Waals surface area contributed by atoms with Crippen LogP contribution in [0.15, 0.2) is 30.3 Å². The minimum absolute atomic E-state index is 0.470. The molecule has 1 aliphatic rings. The molecule has 0 unspecified atom stereocenters. The first kappa shape index (κ1) is 12.8. The molecule has 0 aromatic heterocycles. The van der Waals surface area contributed by atoms with Gasteiger partial charge in [0.2, 0.25) is 0 Å². The number of nitrogens with two attached hydrogens (primary N) is 1. The molecule has 0 saturated heterocycles. The Morgan fingerprint density at radius 2 is 1.89 bits per heavy atom. The van der Waals surface area contributed by atoms with E-state index in [0.717, 1.165) is 35.5 Å². The molecule has 0 saturated carbocycles. The average molecular weight is 294 g/mol. The highest BCUT2D eigenvalue weighted by molar-refractivity contribution is 6.42. The van der Waals surface area contributed by atoms with E-state index in [0.29, 0.717) is 16.6 Å². The molecule has 98 valence electrons. The molecule has 0 spiro atoms. The first-order chi connectivity index (χ1) is 9.19. The lowest BCUT2D eigenvalue weighted by Crippen LogP contribution is -2.00. The summed E-state index contributed by atoms with van der Waals surface area (Å²) >= 11 is 12.0. The second-order valence-corrected chi connectivity index (χ2v) is 5.37. The molecule has 0 bridgehead atoms. The van der Waals surface area contributed by atoms with Crippen LogP contribution in [-0.4, -0.2) is 6.61 Å². The van der Waals surface area contributed by atoms with Gasteiger partial charge in [-0.2, -0.15) is 0 Å². The third kappa shape index (κ3) is 2.32. The van der Waals surface area contributed by atoms with Crippen molar-refractivity contribution in [2.24, 2.45) is 5.73 Å². The summed E-state index contributed by atoms with van der Waals surface area (Å²) in [5.74, 6) is 0.950. The van der Waals surface area contributed by atoms with Crippen molar-refractivity contribution in [3.63, 3.8) is 0 Å². The zero-order chi connectivity index (χ0) is 13.4. The molecule has 2 N–H and O–H groups in total. The lowest BCUT2D eigenvalue weighted by atomic mass is 9.98.